The number of hydrogen-bond donors (Lipinski definition) is 0. The minimum absolute atomic E-state index is 0.338. The Bertz CT molecular complexity index is 252. The van der Waals surface area contributed by atoms with Crippen LogP contribution in [0.25, 0.3) is 0 Å². The van der Waals surface area contributed by atoms with Gasteiger partial charge in [0.2, 0.25) is 0 Å². The molecule has 1 aliphatic rings. The standard InChI is InChI=1S/C15H22O/c1-5-7-13(4)9-11-15-14(16-15)10-8-12(3)6-2/h5,9,11,13-15H,1-2,7-8,10H2,3-4H3/b11-9-/t13-,14?,15?/m0/s1. The van der Waals surface area contributed by atoms with Gasteiger partial charge in [0.15, 0.2) is 0 Å². The van der Waals surface area contributed by atoms with E-state index in [0.717, 1.165) is 19.3 Å². The van der Waals surface area contributed by atoms with E-state index in [1.54, 1.807) is 0 Å². The number of epoxide rings is 1. The Hall–Kier alpha value is -0.910. The molecule has 1 nitrogen and oxygen atoms in total. The minimum Gasteiger partial charge on any atom is -0.365 e. The zero-order chi connectivity index (χ0) is 12.0. The summed E-state index contributed by atoms with van der Waals surface area (Å²) in [5, 5.41) is 0. The SMILES string of the molecule is [CH2-]/[C+]=C(/C)CCC1OC1/C=C\[C@@H](C)C[CH+][CH2-]. The van der Waals surface area contributed by atoms with Gasteiger partial charge in [0, 0.05) is 18.4 Å². The molecule has 1 heteroatoms. The highest BCUT2D eigenvalue weighted by atomic mass is 16.6. The van der Waals surface area contributed by atoms with Gasteiger partial charge in [-0.05, 0) is 12.8 Å². The third-order valence-electron chi connectivity index (χ3n) is 2.90. The Balaban J connectivity index is 2.14. The first kappa shape index (κ1) is 13.2. The summed E-state index contributed by atoms with van der Waals surface area (Å²) < 4.78 is 5.57. The van der Waals surface area contributed by atoms with Crippen LogP contribution < -0.4 is 0 Å². The maximum atomic E-state index is 5.57. The molecular weight excluding hydrogens is 196 g/mol. The molecule has 0 bridgehead atoms. The first-order valence-electron chi connectivity index (χ1n) is 5.97. The van der Waals surface area contributed by atoms with E-state index >= 15 is 0 Å². The van der Waals surface area contributed by atoms with Gasteiger partial charge in [0.1, 0.15) is 6.10 Å². The quantitative estimate of drug-likeness (QED) is 0.360. The summed E-state index contributed by atoms with van der Waals surface area (Å²) in [6.07, 6.45) is 13.2. The fourth-order valence-electron chi connectivity index (χ4n) is 1.65. The van der Waals surface area contributed by atoms with Crippen molar-refractivity contribution in [3.63, 3.8) is 0 Å². The van der Waals surface area contributed by atoms with Crippen LogP contribution in [0.3, 0.4) is 0 Å². The molecule has 3 atom stereocenters. The molecule has 0 aromatic heterocycles. The van der Waals surface area contributed by atoms with Crippen molar-refractivity contribution in [2.45, 2.75) is 45.3 Å². The Kier molecular flexibility index (Phi) is 5.45. The lowest BCUT2D eigenvalue weighted by atomic mass is 10.0. The highest BCUT2D eigenvalue weighted by molar-refractivity contribution is 5.06. The van der Waals surface area contributed by atoms with Crippen LogP contribution in [0.15, 0.2) is 17.7 Å². The molecule has 0 saturated carbocycles. The van der Waals surface area contributed by atoms with Crippen LogP contribution in [0.4, 0.5) is 0 Å². The van der Waals surface area contributed by atoms with Crippen molar-refractivity contribution in [1.29, 1.82) is 0 Å². The monoisotopic (exact) mass is 218 g/mol. The molecule has 88 valence electrons. The number of rotatable bonds is 7. The minimum atomic E-state index is 0.338. The number of ether oxygens (including phenoxy) is 1. The van der Waals surface area contributed by atoms with E-state index in [1.807, 2.05) is 6.42 Å². The second kappa shape index (κ2) is 6.62. The molecule has 16 heavy (non-hydrogen) atoms. The Morgan fingerprint density at radius 2 is 2.38 bits per heavy atom. The van der Waals surface area contributed by atoms with Crippen LogP contribution >= 0.6 is 0 Å². The lowest BCUT2D eigenvalue weighted by Crippen LogP contribution is -1.94. The molecule has 0 amide bonds. The zero-order valence-corrected chi connectivity index (χ0v) is 10.4. The predicted molar refractivity (Wildman–Crippen MR) is 68.3 cm³/mol. The second-order valence-electron chi connectivity index (χ2n) is 4.52. The maximum absolute atomic E-state index is 5.57. The smallest absolute Gasteiger partial charge is 0.102 e. The first-order chi connectivity index (χ1) is 7.67. The molecule has 0 aliphatic carbocycles. The van der Waals surface area contributed by atoms with Crippen molar-refractivity contribution in [3.8, 4) is 0 Å². The highest BCUT2D eigenvalue weighted by Crippen LogP contribution is 2.29. The van der Waals surface area contributed by atoms with Gasteiger partial charge in [-0.2, -0.15) is 0 Å². The third-order valence-corrected chi connectivity index (χ3v) is 2.90. The largest absolute Gasteiger partial charge is 0.365 e. The molecule has 2 unspecified atom stereocenters. The summed E-state index contributed by atoms with van der Waals surface area (Å²) in [6.45, 7) is 11.6. The summed E-state index contributed by atoms with van der Waals surface area (Å²) in [5.74, 6) is 0.567. The molecule has 1 saturated heterocycles. The van der Waals surface area contributed by atoms with Crippen molar-refractivity contribution in [2.75, 3.05) is 0 Å². The summed E-state index contributed by atoms with van der Waals surface area (Å²) in [6, 6.07) is 0. The first-order valence-corrected chi connectivity index (χ1v) is 5.97. The number of hydrogen-bond acceptors (Lipinski definition) is 1. The summed E-state index contributed by atoms with van der Waals surface area (Å²) >= 11 is 0. The van der Waals surface area contributed by atoms with Crippen molar-refractivity contribution in [3.05, 3.63) is 44.1 Å². The van der Waals surface area contributed by atoms with Gasteiger partial charge in [0.25, 0.3) is 0 Å². The van der Waals surface area contributed by atoms with Crippen molar-refractivity contribution < 1.29 is 4.74 Å². The van der Waals surface area contributed by atoms with Crippen molar-refractivity contribution in [1.82, 2.24) is 0 Å². The zero-order valence-electron chi connectivity index (χ0n) is 10.4. The van der Waals surface area contributed by atoms with Crippen molar-refractivity contribution >= 4 is 0 Å². The van der Waals surface area contributed by atoms with Crippen LogP contribution in [0, 0.1) is 32.3 Å². The molecule has 0 N–H and O–H groups in total. The molecule has 1 aliphatic heterocycles. The molecule has 0 spiro atoms. The van der Waals surface area contributed by atoms with Gasteiger partial charge < -0.3 is 4.74 Å². The van der Waals surface area contributed by atoms with E-state index in [4.69, 9.17) is 4.74 Å². The lowest BCUT2D eigenvalue weighted by molar-refractivity contribution is 0.379. The lowest BCUT2D eigenvalue weighted by Gasteiger charge is -1.98. The molecule has 0 aromatic carbocycles. The van der Waals surface area contributed by atoms with Gasteiger partial charge >= 0.3 is 0 Å². The molecule has 1 rings (SSSR count). The van der Waals surface area contributed by atoms with Gasteiger partial charge in [-0.3, -0.25) is 0 Å². The second-order valence-corrected chi connectivity index (χ2v) is 4.52. The van der Waals surface area contributed by atoms with Gasteiger partial charge in [-0.15, -0.1) is 6.92 Å². The Morgan fingerprint density at radius 3 is 3.00 bits per heavy atom. The average molecular weight is 218 g/mol. The van der Waals surface area contributed by atoms with Crippen LogP contribution in [0.2, 0.25) is 0 Å². The Labute approximate surface area is 101 Å². The molecule has 1 fully saturated rings. The van der Waals surface area contributed by atoms with Crippen LogP contribution in [0.1, 0.15) is 33.1 Å². The highest BCUT2D eigenvalue weighted by Gasteiger charge is 2.35. The van der Waals surface area contributed by atoms with E-state index in [9.17, 15) is 0 Å². The van der Waals surface area contributed by atoms with E-state index in [-0.39, 0.29) is 0 Å². The van der Waals surface area contributed by atoms with E-state index in [2.05, 4.69) is 45.9 Å². The summed E-state index contributed by atoms with van der Waals surface area (Å²) in [5.41, 5.74) is 1.22. The third kappa shape index (κ3) is 4.74. The summed E-state index contributed by atoms with van der Waals surface area (Å²) in [7, 11) is 0. The molecule has 0 aromatic rings. The van der Waals surface area contributed by atoms with E-state index in [0.29, 0.717) is 18.1 Å². The fourth-order valence-corrected chi connectivity index (χ4v) is 1.65. The molecule has 0 radical (unpaired) electrons. The van der Waals surface area contributed by atoms with Gasteiger partial charge in [0.05, 0.1) is 18.6 Å². The Morgan fingerprint density at radius 1 is 1.62 bits per heavy atom. The van der Waals surface area contributed by atoms with Gasteiger partial charge in [-0.1, -0.05) is 32.4 Å². The average Bonchev–Trinajstić information content (AvgIpc) is 3.02. The normalized spacial score (nSPS) is 26.6. The van der Waals surface area contributed by atoms with Crippen molar-refractivity contribution in [2.24, 2.45) is 5.92 Å². The molecule has 1 heterocycles. The fraction of sp³-hybridized carbons (Fsp3) is 0.533. The summed E-state index contributed by atoms with van der Waals surface area (Å²) in [4.78, 5) is 0. The maximum Gasteiger partial charge on any atom is 0.102 e. The molecular formula is C15H22O. The van der Waals surface area contributed by atoms with Gasteiger partial charge in [-0.25, -0.2) is 0 Å². The van der Waals surface area contributed by atoms with Crippen LogP contribution in [-0.2, 0) is 4.74 Å². The topological polar surface area (TPSA) is 12.5 Å². The van der Waals surface area contributed by atoms with E-state index in [1.165, 1.54) is 5.57 Å². The van der Waals surface area contributed by atoms with Crippen LogP contribution in [0.5, 0.6) is 0 Å². The number of allylic oxidation sites excluding steroid dienone is 3. The van der Waals surface area contributed by atoms with E-state index < -0.39 is 0 Å². The van der Waals surface area contributed by atoms with Crippen LogP contribution in [-0.4, -0.2) is 12.2 Å². The predicted octanol–water partition coefficient (Wildman–Crippen LogP) is 3.74.